The standard InChI is InChI=1S/C29H38N2O3/c1-4-30(5-2)24-14-12-23(13-15-24)28-26-8-6-7-19-29(26,33)20-21-31(28)27(32)18-11-22-9-16-25(34-3)17-10-22/h9-18,26,28,33H,4-8,19-21H2,1-3H3/b18-11+/t26-,28+,29+/m0/s1. The molecule has 5 heteroatoms. The van der Waals surface area contributed by atoms with Crippen LogP contribution in [-0.4, -0.2) is 48.3 Å². The smallest absolute Gasteiger partial charge is 0.247 e. The number of hydrogen-bond acceptors (Lipinski definition) is 4. The summed E-state index contributed by atoms with van der Waals surface area (Å²) in [6.07, 6.45) is 8.13. The summed E-state index contributed by atoms with van der Waals surface area (Å²) in [6.45, 7) is 6.82. The van der Waals surface area contributed by atoms with Crippen LogP contribution in [0.3, 0.4) is 0 Å². The van der Waals surface area contributed by atoms with Gasteiger partial charge in [-0.3, -0.25) is 4.79 Å². The Morgan fingerprint density at radius 1 is 1.09 bits per heavy atom. The number of rotatable bonds is 7. The molecule has 5 nitrogen and oxygen atoms in total. The summed E-state index contributed by atoms with van der Waals surface area (Å²) < 4.78 is 5.22. The van der Waals surface area contributed by atoms with Crippen molar-refractivity contribution in [1.82, 2.24) is 4.90 Å². The molecule has 2 aromatic carbocycles. The quantitative estimate of drug-likeness (QED) is 0.556. The molecule has 1 aliphatic heterocycles. The number of carbonyl (C=O) groups is 1. The second kappa shape index (κ2) is 10.6. The van der Waals surface area contributed by atoms with Gasteiger partial charge in [-0.05, 0) is 74.6 Å². The van der Waals surface area contributed by atoms with Crippen LogP contribution in [0.15, 0.2) is 54.6 Å². The molecule has 0 spiro atoms. The predicted molar refractivity (Wildman–Crippen MR) is 138 cm³/mol. The maximum absolute atomic E-state index is 13.4. The normalized spacial score (nSPS) is 24.6. The van der Waals surface area contributed by atoms with E-state index in [0.717, 1.165) is 55.6 Å². The van der Waals surface area contributed by atoms with E-state index in [9.17, 15) is 9.90 Å². The third kappa shape index (κ3) is 5.00. The number of benzene rings is 2. The van der Waals surface area contributed by atoms with Gasteiger partial charge in [-0.25, -0.2) is 0 Å². The summed E-state index contributed by atoms with van der Waals surface area (Å²) in [6, 6.07) is 16.2. The highest BCUT2D eigenvalue weighted by Crippen LogP contribution is 2.49. The van der Waals surface area contributed by atoms with Gasteiger partial charge in [0.05, 0.1) is 18.8 Å². The van der Waals surface area contributed by atoms with E-state index in [2.05, 4.69) is 43.0 Å². The van der Waals surface area contributed by atoms with E-state index in [1.807, 2.05) is 35.2 Å². The van der Waals surface area contributed by atoms with Gasteiger partial charge >= 0.3 is 0 Å². The van der Waals surface area contributed by atoms with Gasteiger partial charge in [0, 0.05) is 37.3 Å². The molecule has 3 atom stereocenters. The Morgan fingerprint density at radius 3 is 2.44 bits per heavy atom. The van der Waals surface area contributed by atoms with E-state index in [4.69, 9.17) is 4.74 Å². The maximum atomic E-state index is 13.4. The van der Waals surface area contributed by atoms with Crippen molar-refractivity contribution in [2.75, 3.05) is 31.6 Å². The van der Waals surface area contributed by atoms with Crippen LogP contribution >= 0.6 is 0 Å². The summed E-state index contributed by atoms with van der Waals surface area (Å²) >= 11 is 0. The number of fused-ring (bicyclic) bond motifs is 1. The van der Waals surface area contributed by atoms with E-state index in [1.54, 1.807) is 13.2 Å². The highest BCUT2D eigenvalue weighted by atomic mass is 16.5. The third-order valence-electron chi connectivity index (χ3n) is 7.75. The van der Waals surface area contributed by atoms with Crippen molar-refractivity contribution in [2.24, 2.45) is 5.92 Å². The number of anilines is 1. The zero-order chi connectivity index (χ0) is 24.1. The average molecular weight is 463 g/mol. The van der Waals surface area contributed by atoms with Crippen LogP contribution < -0.4 is 9.64 Å². The fraction of sp³-hybridized carbons (Fsp3) is 0.483. The van der Waals surface area contributed by atoms with Crippen LogP contribution in [0.25, 0.3) is 6.08 Å². The minimum absolute atomic E-state index is 0.00117. The van der Waals surface area contributed by atoms with Gasteiger partial charge < -0.3 is 19.6 Å². The fourth-order valence-electron chi connectivity index (χ4n) is 5.79. The second-order valence-corrected chi connectivity index (χ2v) is 9.55. The van der Waals surface area contributed by atoms with Crippen LogP contribution in [0.4, 0.5) is 5.69 Å². The van der Waals surface area contributed by atoms with Crippen LogP contribution in [-0.2, 0) is 4.79 Å². The van der Waals surface area contributed by atoms with Gasteiger partial charge in [0.2, 0.25) is 5.91 Å². The van der Waals surface area contributed by atoms with Crippen molar-refractivity contribution >= 4 is 17.7 Å². The summed E-state index contributed by atoms with van der Waals surface area (Å²) in [5.41, 5.74) is 2.59. The molecule has 1 saturated heterocycles. The van der Waals surface area contributed by atoms with Crippen LogP contribution in [0.2, 0.25) is 0 Å². The van der Waals surface area contributed by atoms with E-state index in [0.29, 0.717) is 13.0 Å². The SMILES string of the molecule is CCN(CC)c1ccc([C@@H]2[C@@H]3CCCC[C@@]3(O)CCN2C(=O)/C=C/c2ccc(OC)cc2)cc1. The molecule has 1 aliphatic carbocycles. The maximum Gasteiger partial charge on any atom is 0.247 e. The fourth-order valence-corrected chi connectivity index (χ4v) is 5.79. The highest BCUT2D eigenvalue weighted by molar-refractivity contribution is 5.92. The average Bonchev–Trinajstić information content (AvgIpc) is 2.88. The molecule has 2 aromatic rings. The highest BCUT2D eigenvalue weighted by Gasteiger charge is 2.49. The Bertz CT molecular complexity index is 981. The Morgan fingerprint density at radius 2 is 1.79 bits per heavy atom. The van der Waals surface area contributed by atoms with Gasteiger partial charge in [-0.1, -0.05) is 37.1 Å². The van der Waals surface area contributed by atoms with E-state index in [1.165, 1.54) is 5.69 Å². The van der Waals surface area contributed by atoms with Gasteiger partial charge in [0.15, 0.2) is 0 Å². The molecule has 0 radical (unpaired) electrons. The van der Waals surface area contributed by atoms with Crippen molar-refractivity contribution in [2.45, 2.75) is 57.6 Å². The molecule has 2 fully saturated rings. The molecule has 2 aliphatic rings. The predicted octanol–water partition coefficient (Wildman–Crippen LogP) is 5.45. The van der Waals surface area contributed by atoms with E-state index in [-0.39, 0.29) is 17.9 Å². The topological polar surface area (TPSA) is 53.0 Å². The van der Waals surface area contributed by atoms with Crippen LogP contribution in [0.1, 0.15) is 63.1 Å². The lowest BCUT2D eigenvalue weighted by atomic mass is 9.66. The minimum atomic E-state index is -0.684. The Hall–Kier alpha value is -2.79. The molecule has 4 rings (SSSR count). The summed E-state index contributed by atoms with van der Waals surface area (Å²) in [5, 5.41) is 11.5. The number of piperidine rings is 1. The number of nitrogens with zero attached hydrogens (tertiary/aromatic N) is 2. The molecule has 34 heavy (non-hydrogen) atoms. The molecule has 1 heterocycles. The lowest BCUT2D eigenvalue weighted by molar-refractivity contribution is -0.150. The largest absolute Gasteiger partial charge is 0.497 e. The zero-order valence-electron chi connectivity index (χ0n) is 20.7. The van der Waals surface area contributed by atoms with Crippen molar-refractivity contribution in [3.8, 4) is 5.75 Å². The number of aliphatic hydroxyl groups is 1. The Balaban J connectivity index is 1.62. The summed E-state index contributed by atoms with van der Waals surface area (Å²) in [4.78, 5) is 17.8. The van der Waals surface area contributed by atoms with Crippen LogP contribution in [0.5, 0.6) is 5.75 Å². The van der Waals surface area contributed by atoms with Crippen molar-refractivity contribution in [3.63, 3.8) is 0 Å². The second-order valence-electron chi connectivity index (χ2n) is 9.55. The molecule has 0 unspecified atom stereocenters. The van der Waals surface area contributed by atoms with Gasteiger partial charge in [-0.15, -0.1) is 0 Å². The monoisotopic (exact) mass is 462 g/mol. The molecule has 0 aromatic heterocycles. The van der Waals surface area contributed by atoms with E-state index >= 15 is 0 Å². The number of carbonyl (C=O) groups excluding carboxylic acids is 1. The first-order valence-electron chi connectivity index (χ1n) is 12.7. The first-order valence-corrected chi connectivity index (χ1v) is 12.7. The molecule has 1 N–H and O–H groups in total. The molecule has 1 amide bonds. The lowest BCUT2D eigenvalue weighted by Crippen LogP contribution is -2.56. The Labute approximate surface area is 204 Å². The summed E-state index contributed by atoms with van der Waals surface area (Å²) in [5.74, 6) is 0.859. The minimum Gasteiger partial charge on any atom is -0.497 e. The third-order valence-corrected chi connectivity index (χ3v) is 7.75. The Kier molecular flexibility index (Phi) is 7.62. The first-order chi connectivity index (χ1) is 16.5. The number of hydrogen-bond donors (Lipinski definition) is 1. The van der Waals surface area contributed by atoms with Gasteiger partial charge in [-0.2, -0.15) is 0 Å². The molecule has 182 valence electrons. The van der Waals surface area contributed by atoms with Crippen molar-refractivity contribution in [3.05, 3.63) is 65.7 Å². The number of likely N-dealkylation sites (tertiary alicyclic amines) is 1. The van der Waals surface area contributed by atoms with Gasteiger partial charge in [0.1, 0.15) is 5.75 Å². The first kappa shape index (κ1) is 24.3. The molecule has 0 bridgehead atoms. The van der Waals surface area contributed by atoms with E-state index < -0.39 is 5.60 Å². The van der Waals surface area contributed by atoms with Crippen molar-refractivity contribution in [1.29, 1.82) is 0 Å². The van der Waals surface area contributed by atoms with Crippen LogP contribution in [0, 0.1) is 5.92 Å². The zero-order valence-corrected chi connectivity index (χ0v) is 20.7. The number of methoxy groups -OCH3 is 1. The molecular weight excluding hydrogens is 424 g/mol. The van der Waals surface area contributed by atoms with Crippen molar-refractivity contribution < 1.29 is 14.6 Å². The number of ether oxygens (including phenoxy) is 1. The number of amides is 1. The van der Waals surface area contributed by atoms with Gasteiger partial charge in [0.25, 0.3) is 0 Å². The lowest BCUT2D eigenvalue weighted by Gasteiger charge is -2.52. The molecule has 1 saturated carbocycles. The molecular formula is C29H38N2O3. The summed E-state index contributed by atoms with van der Waals surface area (Å²) in [7, 11) is 1.64.